The van der Waals surface area contributed by atoms with Crippen LogP contribution in [0.25, 0.3) is 0 Å². The van der Waals surface area contributed by atoms with Crippen LogP contribution in [0.4, 0.5) is 10.1 Å². The largest absolute Gasteiger partial charge is 0.342 e. The van der Waals surface area contributed by atoms with E-state index in [-0.39, 0.29) is 16.6 Å². The number of allylic oxidation sites excluding steroid dienone is 3. The Kier molecular flexibility index (Phi) is 4.35. The first-order chi connectivity index (χ1) is 11.6. The lowest BCUT2D eigenvalue weighted by atomic mass is 9.82. The summed E-state index contributed by atoms with van der Waals surface area (Å²) in [6.07, 6.45) is 2.73. The monoisotopic (exact) mass is 363 g/mol. The van der Waals surface area contributed by atoms with Crippen molar-refractivity contribution in [2.75, 3.05) is 17.7 Å². The number of sulfone groups is 1. The molecule has 0 N–H and O–H groups in total. The van der Waals surface area contributed by atoms with Crippen molar-refractivity contribution in [3.63, 3.8) is 0 Å². The van der Waals surface area contributed by atoms with E-state index in [1.165, 1.54) is 0 Å². The smallest absolute Gasteiger partial charge is 0.175 e. The zero-order valence-electron chi connectivity index (χ0n) is 14.7. The molecule has 0 aromatic heterocycles. The van der Waals surface area contributed by atoms with E-state index in [0.29, 0.717) is 42.6 Å². The number of hydrogen-bond donors (Lipinski definition) is 0. The fourth-order valence-corrected chi connectivity index (χ4v) is 4.28. The molecular weight excluding hydrogens is 341 g/mol. The van der Waals surface area contributed by atoms with E-state index in [0.717, 1.165) is 23.6 Å². The van der Waals surface area contributed by atoms with Crippen molar-refractivity contribution >= 4 is 21.3 Å². The Morgan fingerprint density at radius 3 is 2.60 bits per heavy atom. The van der Waals surface area contributed by atoms with Crippen molar-refractivity contribution in [3.05, 3.63) is 46.9 Å². The van der Waals surface area contributed by atoms with E-state index < -0.39 is 15.7 Å². The number of anilines is 1. The standard InChI is InChI=1S/C19H22FNO3S/c1-11(2)14-8-17(12(3)18(22)9-14)21-6-5-13-7-15(25(4,23)24)10-16(20)19(13)21/h7,10,14H,1,5-6,8-9H2,2-4H3. The number of nitrogens with zero attached hydrogens (tertiary/aromatic N) is 1. The fourth-order valence-electron chi connectivity index (χ4n) is 3.61. The fraction of sp³-hybridized carbons (Fsp3) is 0.421. The second-order valence-electron chi connectivity index (χ2n) is 7.03. The third kappa shape index (κ3) is 3.15. The topological polar surface area (TPSA) is 54.5 Å². The SMILES string of the molecule is C=C(C)C1CC(=O)C(C)=C(N2CCc3cc(S(C)(=O)=O)cc(F)c32)C1. The molecule has 0 saturated carbocycles. The van der Waals surface area contributed by atoms with Crippen LogP contribution in [-0.2, 0) is 21.1 Å². The van der Waals surface area contributed by atoms with E-state index >= 15 is 0 Å². The summed E-state index contributed by atoms with van der Waals surface area (Å²) in [6, 6.07) is 2.62. The Morgan fingerprint density at radius 2 is 2.00 bits per heavy atom. The highest BCUT2D eigenvalue weighted by Crippen LogP contribution is 2.41. The molecule has 0 saturated heterocycles. The van der Waals surface area contributed by atoms with Crippen molar-refractivity contribution in [2.45, 2.75) is 38.0 Å². The predicted octanol–water partition coefficient (Wildman–Crippen LogP) is 3.42. The van der Waals surface area contributed by atoms with Crippen LogP contribution in [0.2, 0.25) is 0 Å². The van der Waals surface area contributed by atoms with E-state index in [1.54, 1.807) is 13.0 Å². The van der Waals surface area contributed by atoms with Crippen molar-refractivity contribution in [2.24, 2.45) is 5.92 Å². The van der Waals surface area contributed by atoms with Crippen LogP contribution in [-0.4, -0.2) is 27.0 Å². The predicted molar refractivity (Wildman–Crippen MR) is 95.8 cm³/mol. The van der Waals surface area contributed by atoms with E-state index in [4.69, 9.17) is 0 Å². The van der Waals surface area contributed by atoms with Gasteiger partial charge < -0.3 is 4.90 Å². The maximum absolute atomic E-state index is 14.7. The molecule has 0 radical (unpaired) electrons. The maximum Gasteiger partial charge on any atom is 0.175 e. The van der Waals surface area contributed by atoms with Crippen molar-refractivity contribution in [3.8, 4) is 0 Å². The molecule has 25 heavy (non-hydrogen) atoms. The van der Waals surface area contributed by atoms with Gasteiger partial charge >= 0.3 is 0 Å². The Bertz CT molecular complexity index is 915. The molecule has 0 bridgehead atoms. The number of hydrogen-bond acceptors (Lipinski definition) is 4. The highest BCUT2D eigenvalue weighted by molar-refractivity contribution is 7.90. The van der Waals surface area contributed by atoms with Crippen LogP contribution in [0.15, 0.2) is 40.5 Å². The molecular formula is C19H22FNO3S. The van der Waals surface area contributed by atoms with Gasteiger partial charge in [0.15, 0.2) is 15.6 Å². The van der Waals surface area contributed by atoms with Gasteiger partial charge in [-0.3, -0.25) is 4.79 Å². The van der Waals surface area contributed by atoms with Crippen molar-refractivity contribution < 1.29 is 17.6 Å². The second-order valence-corrected chi connectivity index (χ2v) is 9.05. The number of halogens is 1. The molecule has 1 aromatic rings. The highest BCUT2D eigenvalue weighted by Gasteiger charge is 2.34. The average molecular weight is 363 g/mol. The Hall–Kier alpha value is -1.95. The molecule has 1 atom stereocenters. The summed E-state index contributed by atoms with van der Waals surface area (Å²) in [6.45, 7) is 8.20. The summed E-state index contributed by atoms with van der Waals surface area (Å²) in [5.41, 5.74) is 3.51. The molecule has 1 aromatic carbocycles. The van der Waals surface area contributed by atoms with E-state index in [1.807, 2.05) is 11.8 Å². The molecule has 134 valence electrons. The summed E-state index contributed by atoms with van der Waals surface area (Å²) in [5, 5.41) is 0. The maximum atomic E-state index is 14.7. The number of ketones is 1. The number of Topliss-reactive ketones (excluding diaryl/α,β-unsaturated/α-hetero) is 1. The minimum atomic E-state index is -3.47. The molecule has 3 rings (SSSR count). The lowest BCUT2D eigenvalue weighted by molar-refractivity contribution is -0.116. The third-order valence-corrected chi connectivity index (χ3v) is 6.26. The highest BCUT2D eigenvalue weighted by atomic mass is 32.2. The van der Waals surface area contributed by atoms with Gasteiger partial charge in [-0.05, 0) is 50.3 Å². The van der Waals surface area contributed by atoms with Gasteiger partial charge in [0.05, 0.1) is 10.6 Å². The van der Waals surface area contributed by atoms with Crippen molar-refractivity contribution in [1.29, 1.82) is 0 Å². The first kappa shape index (κ1) is 17.9. The summed E-state index contributed by atoms with van der Waals surface area (Å²) in [7, 11) is -3.47. The number of carbonyl (C=O) groups is 1. The van der Waals surface area contributed by atoms with Gasteiger partial charge in [0.2, 0.25) is 0 Å². The molecule has 6 heteroatoms. The summed E-state index contributed by atoms with van der Waals surface area (Å²) in [4.78, 5) is 14.2. The van der Waals surface area contributed by atoms with E-state index in [9.17, 15) is 17.6 Å². The van der Waals surface area contributed by atoms with Crippen molar-refractivity contribution in [1.82, 2.24) is 0 Å². The lowest BCUT2D eigenvalue weighted by Crippen LogP contribution is -2.30. The van der Waals surface area contributed by atoms with Crippen LogP contribution in [0, 0.1) is 11.7 Å². The van der Waals surface area contributed by atoms with Gasteiger partial charge in [-0.15, -0.1) is 0 Å². The van der Waals surface area contributed by atoms with Crippen LogP contribution >= 0.6 is 0 Å². The van der Waals surface area contributed by atoms with E-state index in [2.05, 4.69) is 6.58 Å². The van der Waals surface area contributed by atoms with Gasteiger partial charge in [0, 0.05) is 30.5 Å². The normalized spacial score (nSPS) is 20.9. The zero-order valence-corrected chi connectivity index (χ0v) is 15.5. The molecule has 0 amide bonds. The Morgan fingerprint density at radius 1 is 1.32 bits per heavy atom. The number of benzene rings is 1. The average Bonchev–Trinajstić information content (AvgIpc) is 2.93. The Balaban J connectivity index is 2.07. The minimum absolute atomic E-state index is 0.00386. The van der Waals surface area contributed by atoms with Crippen LogP contribution in [0.3, 0.4) is 0 Å². The van der Waals surface area contributed by atoms with Gasteiger partial charge in [0.1, 0.15) is 5.82 Å². The van der Waals surface area contributed by atoms with Gasteiger partial charge in [-0.25, -0.2) is 12.8 Å². The van der Waals surface area contributed by atoms with Crippen LogP contribution in [0.1, 0.15) is 32.3 Å². The zero-order chi connectivity index (χ0) is 18.5. The summed E-state index contributed by atoms with van der Waals surface area (Å²) >= 11 is 0. The molecule has 1 heterocycles. The first-order valence-electron chi connectivity index (χ1n) is 8.28. The first-order valence-corrected chi connectivity index (χ1v) is 10.2. The molecule has 0 spiro atoms. The quantitative estimate of drug-likeness (QED) is 0.772. The number of rotatable bonds is 3. The van der Waals surface area contributed by atoms with Gasteiger partial charge in [-0.1, -0.05) is 12.2 Å². The second kappa shape index (κ2) is 6.09. The minimum Gasteiger partial charge on any atom is -0.342 e. The Labute approximate surface area is 147 Å². The molecule has 1 aliphatic heterocycles. The lowest BCUT2D eigenvalue weighted by Gasteiger charge is -2.32. The van der Waals surface area contributed by atoms with Crippen LogP contribution < -0.4 is 4.90 Å². The molecule has 4 nitrogen and oxygen atoms in total. The van der Waals surface area contributed by atoms with Gasteiger partial charge in [0.25, 0.3) is 0 Å². The van der Waals surface area contributed by atoms with Gasteiger partial charge in [-0.2, -0.15) is 0 Å². The molecule has 2 aliphatic rings. The summed E-state index contributed by atoms with van der Waals surface area (Å²) in [5.74, 6) is -0.426. The molecule has 1 aliphatic carbocycles. The third-order valence-electron chi connectivity index (χ3n) is 5.16. The molecule has 1 unspecified atom stereocenters. The molecule has 0 fully saturated rings. The number of fused-ring (bicyclic) bond motifs is 1. The number of carbonyl (C=O) groups excluding carboxylic acids is 1. The van der Waals surface area contributed by atoms with Crippen LogP contribution in [0.5, 0.6) is 0 Å². The summed E-state index contributed by atoms with van der Waals surface area (Å²) < 4.78 is 38.2.